The van der Waals surface area contributed by atoms with Gasteiger partial charge in [-0.1, -0.05) is 35.3 Å². The number of carbonyl (C=O) groups is 1. The monoisotopic (exact) mass is 340 g/mol. The predicted molar refractivity (Wildman–Crippen MR) is 87.7 cm³/mol. The molecule has 2 heterocycles. The fraction of sp³-hybridized carbons (Fsp3) is 0.267. The van der Waals surface area contributed by atoms with Crippen molar-refractivity contribution in [2.45, 2.75) is 12.5 Å². The van der Waals surface area contributed by atoms with Gasteiger partial charge in [0.25, 0.3) is 5.91 Å². The lowest BCUT2D eigenvalue weighted by Crippen LogP contribution is -2.32. The van der Waals surface area contributed by atoms with Gasteiger partial charge in [0.15, 0.2) is 0 Å². The highest BCUT2D eigenvalue weighted by atomic mass is 35.5. The molecule has 0 aliphatic carbocycles. The molecule has 0 radical (unpaired) electrons. The average molecular weight is 341 g/mol. The molecule has 21 heavy (non-hydrogen) atoms. The number of hydrogen-bond acceptors (Lipinski definition) is 3. The van der Waals surface area contributed by atoms with E-state index in [2.05, 4.69) is 10.6 Å². The summed E-state index contributed by atoms with van der Waals surface area (Å²) in [6, 6.07) is 7.79. The predicted octanol–water partition coefficient (Wildman–Crippen LogP) is 3.65. The minimum atomic E-state index is -0.0822. The van der Waals surface area contributed by atoms with Crippen LogP contribution in [0.1, 0.15) is 33.1 Å². The Hall–Kier alpha value is -1.07. The summed E-state index contributed by atoms with van der Waals surface area (Å²) < 4.78 is 1.33. The SMILES string of the molecule is CNC(c1ccc2c(c1)C(=O)NCC2)c1cc(Cl)sc1Cl. The van der Waals surface area contributed by atoms with E-state index >= 15 is 0 Å². The molecule has 3 rings (SSSR count). The Balaban J connectivity index is 2.04. The standard InChI is InChI=1S/C15H14Cl2N2OS/c1-18-13(11-7-12(16)21-14(11)17)9-3-2-8-4-5-19-15(20)10(8)6-9/h2-3,6-7,13,18H,4-5H2,1H3,(H,19,20). The van der Waals surface area contributed by atoms with Crippen molar-refractivity contribution >= 4 is 40.4 Å². The third-order valence-electron chi connectivity index (χ3n) is 3.67. The second kappa shape index (κ2) is 5.97. The van der Waals surface area contributed by atoms with E-state index in [1.807, 2.05) is 31.3 Å². The number of fused-ring (bicyclic) bond motifs is 1. The summed E-state index contributed by atoms with van der Waals surface area (Å²) in [5, 5.41) is 6.12. The maximum atomic E-state index is 12.0. The van der Waals surface area contributed by atoms with Gasteiger partial charge in [0.2, 0.25) is 0 Å². The average Bonchev–Trinajstić information content (AvgIpc) is 2.79. The first-order valence-electron chi connectivity index (χ1n) is 6.63. The zero-order valence-electron chi connectivity index (χ0n) is 11.4. The fourth-order valence-electron chi connectivity index (χ4n) is 2.66. The minimum Gasteiger partial charge on any atom is -0.352 e. The molecular formula is C15H14Cl2N2OS. The first kappa shape index (κ1) is 14.9. The smallest absolute Gasteiger partial charge is 0.251 e. The van der Waals surface area contributed by atoms with Crippen LogP contribution >= 0.6 is 34.5 Å². The molecule has 0 bridgehead atoms. The largest absolute Gasteiger partial charge is 0.352 e. The Kier molecular flexibility index (Phi) is 4.22. The molecule has 1 aliphatic heterocycles. The van der Waals surface area contributed by atoms with E-state index in [0.717, 1.165) is 28.7 Å². The fourth-order valence-corrected chi connectivity index (χ4v) is 4.19. The maximum Gasteiger partial charge on any atom is 0.251 e. The van der Waals surface area contributed by atoms with Gasteiger partial charge in [-0.2, -0.15) is 0 Å². The first-order chi connectivity index (χ1) is 10.1. The maximum absolute atomic E-state index is 12.0. The van der Waals surface area contributed by atoms with Crippen LogP contribution in [0.4, 0.5) is 0 Å². The minimum absolute atomic E-state index is 0.0117. The number of nitrogens with one attached hydrogen (secondary N) is 2. The lowest BCUT2D eigenvalue weighted by molar-refractivity contribution is 0.0946. The van der Waals surface area contributed by atoms with E-state index in [9.17, 15) is 4.79 Å². The Labute approximate surface area is 137 Å². The van der Waals surface area contributed by atoms with Gasteiger partial charge in [-0.05, 0) is 36.7 Å². The van der Waals surface area contributed by atoms with Crippen molar-refractivity contribution < 1.29 is 4.79 Å². The molecule has 0 saturated heterocycles. The molecule has 0 fully saturated rings. The van der Waals surface area contributed by atoms with Crippen molar-refractivity contribution in [3.05, 3.63) is 55.2 Å². The van der Waals surface area contributed by atoms with E-state index in [4.69, 9.17) is 23.2 Å². The van der Waals surface area contributed by atoms with Crippen LogP contribution in [0.3, 0.4) is 0 Å². The van der Waals surface area contributed by atoms with Crippen LogP contribution in [-0.2, 0) is 6.42 Å². The van der Waals surface area contributed by atoms with Crippen LogP contribution in [0.2, 0.25) is 8.67 Å². The van der Waals surface area contributed by atoms with Crippen molar-refractivity contribution in [2.24, 2.45) is 0 Å². The Morgan fingerprint density at radius 3 is 2.81 bits per heavy atom. The van der Waals surface area contributed by atoms with Crippen molar-refractivity contribution in [1.29, 1.82) is 0 Å². The van der Waals surface area contributed by atoms with Gasteiger partial charge >= 0.3 is 0 Å². The van der Waals surface area contributed by atoms with Gasteiger partial charge in [-0.25, -0.2) is 0 Å². The van der Waals surface area contributed by atoms with Crippen LogP contribution in [0.5, 0.6) is 0 Å². The van der Waals surface area contributed by atoms with Gasteiger partial charge in [-0.3, -0.25) is 4.79 Å². The van der Waals surface area contributed by atoms with E-state index in [1.165, 1.54) is 11.3 Å². The molecule has 2 aromatic rings. The molecule has 1 unspecified atom stereocenters. The van der Waals surface area contributed by atoms with Gasteiger partial charge < -0.3 is 10.6 Å². The normalized spacial score (nSPS) is 15.5. The summed E-state index contributed by atoms with van der Waals surface area (Å²) in [6.45, 7) is 0.701. The van der Waals surface area contributed by atoms with E-state index in [-0.39, 0.29) is 11.9 Å². The van der Waals surface area contributed by atoms with Gasteiger partial charge in [0.05, 0.1) is 14.7 Å². The summed E-state index contributed by atoms with van der Waals surface area (Å²) in [7, 11) is 1.87. The zero-order chi connectivity index (χ0) is 15.0. The van der Waals surface area contributed by atoms with Gasteiger partial charge in [-0.15, -0.1) is 11.3 Å². The first-order valence-corrected chi connectivity index (χ1v) is 8.20. The van der Waals surface area contributed by atoms with Gasteiger partial charge in [0.1, 0.15) is 0 Å². The number of thiophene rings is 1. The molecule has 110 valence electrons. The molecule has 1 aromatic carbocycles. The van der Waals surface area contributed by atoms with Crippen molar-refractivity contribution in [1.82, 2.24) is 10.6 Å². The number of amides is 1. The van der Waals surface area contributed by atoms with Crippen LogP contribution in [0, 0.1) is 0 Å². The molecule has 1 aliphatic rings. The summed E-state index contributed by atoms with van der Waals surface area (Å²) in [5.74, 6) is -0.0117. The third-order valence-corrected chi connectivity index (χ3v) is 5.19. The molecule has 2 N–H and O–H groups in total. The molecule has 1 amide bonds. The number of benzene rings is 1. The second-order valence-electron chi connectivity index (χ2n) is 4.92. The van der Waals surface area contributed by atoms with E-state index in [1.54, 1.807) is 0 Å². The van der Waals surface area contributed by atoms with Gasteiger partial charge in [0, 0.05) is 17.7 Å². The Bertz CT molecular complexity index is 699. The summed E-state index contributed by atoms with van der Waals surface area (Å²) in [5.41, 5.74) is 3.78. The zero-order valence-corrected chi connectivity index (χ0v) is 13.7. The van der Waals surface area contributed by atoms with Crippen molar-refractivity contribution in [3.63, 3.8) is 0 Å². The van der Waals surface area contributed by atoms with Crippen molar-refractivity contribution in [2.75, 3.05) is 13.6 Å². The van der Waals surface area contributed by atoms with Crippen LogP contribution < -0.4 is 10.6 Å². The Morgan fingerprint density at radius 1 is 1.33 bits per heavy atom. The second-order valence-corrected chi connectivity index (χ2v) is 7.21. The summed E-state index contributed by atoms with van der Waals surface area (Å²) in [6.07, 6.45) is 0.872. The van der Waals surface area contributed by atoms with Crippen LogP contribution in [0.15, 0.2) is 24.3 Å². The highest BCUT2D eigenvalue weighted by Gasteiger charge is 2.22. The summed E-state index contributed by atoms with van der Waals surface area (Å²) in [4.78, 5) is 12.0. The highest BCUT2D eigenvalue weighted by molar-refractivity contribution is 7.20. The highest BCUT2D eigenvalue weighted by Crippen LogP contribution is 2.37. The molecule has 3 nitrogen and oxygen atoms in total. The molecule has 0 spiro atoms. The summed E-state index contributed by atoms with van der Waals surface area (Å²) >= 11 is 13.6. The molecule has 6 heteroatoms. The van der Waals surface area contributed by atoms with E-state index in [0.29, 0.717) is 15.2 Å². The lowest BCUT2D eigenvalue weighted by atomic mass is 9.93. The number of carbonyl (C=O) groups excluding carboxylic acids is 1. The molecule has 1 atom stereocenters. The molecule has 0 saturated carbocycles. The quantitative estimate of drug-likeness (QED) is 0.895. The van der Waals surface area contributed by atoms with Crippen LogP contribution in [0.25, 0.3) is 0 Å². The number of hydrogen-bond donors (Lipinski definition) is 2. The van der Waals surface area contributed by atoms with E-state index < -0.39 is 0 Å². The number of halogens is 2. The Morgan fingerprint density at radius 2 is 2.14 bits per heavy atom. The third kappa shape index (κ3) is 2.81. The van der Waals surface area contributed by atoms with Crippen LogP contribution in [-0.4, -0.2) is 19.5 Å². The number of rotatable bonds is 3. The van der Waals surface area contributed by atoms with Crippen molar-refractivity contribution in [3.8, 4) is 0 Å². The lowest BCUT2D eigenvalue weighted by Gasteiger charge is -2.21. The topological polar surface area (TPSA) is 41.1 Å². The molecular weight excluding hydrogens is 327 g/mol. The molecule has 1 aromatic heterocycles.